The Hall–Kier alpha value is -2.66. The van der Waals surface area contributed by atoms with Gasteiger partial charge in [-0.2, -0.15) is 0 Å². The van der Waals surface area contributed by atoms with E-state index in [1.54, 1.807) is 18.2 Å². The van der Waals surface area contributed by atoms with E-state index in [-0.39, 0.29) is 17.9 Å². The first-order valence-corrected chi connectivity index (χ1v) is 10.6. The van der Waals surface area contributed by atoms with Crippen molar-refractivity contribution in [3.05, 3.63) is 65.2 Å². The second-order valence-electron chi connectivity index (χ2n) is 8.02. The van der Waals surface area contributed by atoms with Gasteiger partial charge in [-0.1, -0.05) is 37.1 Å². The predicted molar refractivity (Wildman–Crippen MR) is 117 cm³/mol. The Bertz CT molecular complexity index is 822. The minimum absolute atomic E-state index is 0.0306. The molecule has 2 aromatic carbocycles. The monoisotopic (exact) mass is 393 g/mol. The van der Waals surface area contributed by atoms with Crippen molar-refractivity contribution in [3.63, 3.8) is 0 Å². The molecule has 0 spiro atoms. The second-order valence-corrected chi connectivity index (χ2v) is 8.02. The zero-order valence-corrected chi connectivity index (χ0v) is 17.4. The number of carbonyl (C=O) groups excluding carboxylic acids is 2. The first-order valence-electron chi connectivity index (χ1n) is 10.6. The molecule has 0 saturated carbocycles. The molecule has 2 N–H and O–H groups in total. The third-order valence-corrected chi connectivity index (χ3v) is 5.16. The summed E-state index contributed by atoms with van der Waals surface area (Å²) < 4.78 is 0. The molecule has 5 nitrogen and oxygen atoms in total. The molecule has 1 saturated heterocycles. The Kier molecular flexibility index (Phi) is 7.42. The number of nitrogens with one attached hydrogen (secondary N) is 2. The molecule has 0 aliphatic carbocycles. The molecule has 1 aliphatic heterocycles. The molecule has 0 radical (unpaired) electrons. The van der Waals surface area contributed by atoms with Crippen LogP contribution in [0.2, 0.25) is 0 Å². The van der Waals surface area contributed by atoms with E-state index in [9.17, 15) is 9.59 Å². The summed E-state index contributed by atoms with van der Waals surface area (Å²) in [6.45, 7) is 7.05. The van der Waals surface area contributed by atoms with E-state index >= 15 is 0 Å². The highest BCUT2D eigenvalue weighted by atomic mass is 16.2. The molecule has 0 bridgehead atoms. The normalized spacial score (nSPS) is 15.0. The molecule has 29 heavy (non-hydrogen) atoms. The Labute approximate surface area is 173 Å². The number of anilines is 1. The van der Waals surface area contributed by atoms with Gasteiger partial charge >= 0.3 is 0 Å². The number of likely N-dealkylation sites (tertiary alicyclic amines) is 1. The maximum absolute atomic E-state index is 12.7. The number of carbonyl (C=O) groups is 2. The largest absolute Gasteiger partial charge is 0.350 e. The molecular formula is C24H31N3O2. The van der Waals surface area contributed by atoms with Crippen molar-refractivity contribution in [2.75, 3.05) is 18.4 Å². The molecule has 1 heterocycles. The summed E-state index contributed by atoms with van der Waals surface area (Å²) in [5, 5.41) is 5.75. The predicted octanol–water partition coefficient (Wildman–Crippen LogP) is 4.45. The van der Waals surface area contributed by atoms with Crippen molar-refractivity contribution in [2.24, 2.45) is 0 Å². The van der Waals surface area contributed by atoms with Crippen LogP contribution in [0.3, 0.4) is 0 Å². The van der Waals surface area contributed by atoms with Gasteiger partial charge in [0.1, 0.15) is 0 Å². The summed E-state index contributed by atoms with van der Waals surface area (Å²) >= 11 is 0. The van der Waals surface area contributed by atoms with Gasteiger partial charge in [0.25, 0.3) is 11.8 Å². The van der Waals surface area contributed by atoms with Crippen molar-refractivity contribution in [1.29, 1.82) is 0 Å². The topological polar surface area (TPSA) is 61.4 Å². The number of hydrogen-bond donors (Lipinski definition) is 2. The summed E-state index contributed by atoms with van der Waals surface area (Å²) in [6.07, 6.45) is 5.19. The van der Waals surface area contributed by atoms with Crippen molar-refractivity contribution in [1.82, 2.24) is 10.2 Å². The molecule has 5 heteroatoms. The van der Waals surface area contributed by atoms with Crippen LogP contribution < -0.4 is 10.6 Å². The van der Waals surface area contributed by atoms with Crippen LogP contribution in [0.25, 0.3) is 0 Å². The molecule has 1 aliphatic rings. The SMILES string of the molecule is CC(C)NC(=O)c1ccccc1NC(=O)c1ccc(CN2CCCCCC2)cc1. The second kappa shape index (κ2) is 10.2. The molecule has 3 rings (SSSR count). The van der Waals surface area contributed by atoms with Gasteiger partial charge in [0.2, 0.25) is 0 Å². The van der Waals surface area contributed by atoms with E-state index < -0.39 is 0 Å². The van der Waals surface area contributed by atoms with Gasteiger partial charge in [-0.05, 0) is 69.6 Å². The van der Waals surface area contributed by atoms with Gasteiger partial charge in [0.05, 0.1) is 11.3 Å². The number of para-hydroxylation sites is 1. The lowest BCUT2D eigenvalue weighted by molar-refractivity contribution is 0.0944. The van der Waals surface area contributed by atoms with Crippen LogP contribution in [0, 0.1) is 0 Å². The molecule has 2 amide bonds. The lowest BCUT2D eigenvalue weighted by Crippen LogP contribution is -2.31. The molecule has 0 aromatic heterocycles. The van der Waals surface area contributed by atoms with Crippen molar-refractivity contribution >= 4 is 17.5 Å². The van der Waals surface area contributed by atoms with Crippen molar-refractivity contribution in [2.45, 2.75) is 52.1 Å². The van der Waals surface area contributed by atoms with E-state index in [1.165, 1.54) is 31.2 Å². The standard InChI is InChI=1S/C24H31N3O2/c1-18(2)25-24(29)21-9-5-6-10-22(21)26-23(28)20-13-11-19(12-14-20)17-27-15-7-3-4-8-16-27/h5-6,9-14,18H,3-4,7-8,15-17H2,1-2H3,(H,25,29)(H,26,28). The van der Waals surface area contributed by atoms with Crippen LogP contribution in [0.4, 0.5) is 5.69 Å². The van der Waals surface area contributed by atoms with E-state index in [0.717, 1.165) is 19.6 Å². The minimum Gasteiger partial charge on any atom is -0.350 e. The first-order chi connectivity index (χ1) is 14.0. The average molecular weight is 394 g/mol. The molecular weight excluding hydrogens is 362 g/mol. The number of rotatable bonds is 6. The molecule has 1 fully saturated rings. The van der Waals surface area contributed by atoms with Gasteiger partial charge < -0.3 is 10.6 Å². The highest BCUT2D eigenvalue weighted by Gasteiger charge is 2.15. The zero-order valence-electron chi connectivity index (χ0n) is 17.4. The van der Waals surface area contributed by atoms with E-state index in [0.29, 0.717) is 16.8 Å². The number of amides is 2. The summed E-state index contributed by atoms with van der Waals surface area (Å²) in [6, 6.07) is 14.9. The third-order valence-electron chi connectivity index (χ3n) is 5.16. The van der Waals surface area contributed by atoms with Crippen LogP contribution in [-0.4, -0.2) is 35.8 Å². The fourth-order valence-corrected chi connectivity index (χ4v) is 3.64. The summed E-state index contributed by atoms with van der Waals surface area (Å²) in [5.41, 5.74) is 2.79. The molecule has 0 atom stereocenters. The fourth-order valence-electron chi connectivity index (χ4n) is 3.64. The maximum Gasteiger partial charge on any atom is 0.255 e. The van der Waals surface area contributed by atoms with Gasteiger partial charge in [0, 0.05) is 18.2 Å². The lowest BCUT2D eigenvalue weighted by atomic mass is 10.1. The van der Waals surface area contributed by atoms with Gasteiger partial charge in [-0.3, -0.25) is 14.5 Å². The third kappa shape index (κ3) is 6.16. The van der Waals surface area contributed by atoms with E-state index in [2.05, 4.69) is 15.5 Å². The van der Waals surface area contributed by atoms with E-state index in [4.69, 9.17) is 0 Å². The maximum atomic E-state index is 12.7. The van der Waals surface area contributed by atoms with Crippen LogP contribution in [0.5, 0.6) is 0 Å². The fraction of sp³-hybridized carbons (Fsp3) is 0.417. The molecule has 2 aromatic rings. The van der Waals surface area contributed by atoms with Crippen LogP contribution in [0.15, 0.2) is 48.5 Å². The number of hydrogen-bond acceptors (Lipinski definition) is 3. The molecule has 0 unspecified atom stereocenters. The smallest absolute Gasteiger partial charge is 0.255 e. The van der Waals surface area contributed by atoms with Crippen LogP contribution >= 0.6 is 0 Å². The van der Waals surface area contributed by atoms with Crippen LogP contribution in [-0.2, 0) is 6.54 Å². The Balaban J connectivity index is 1.65. The van der Waals surface area contributed by atoms with Crippen LogP contribution in [0.1, 0.15) is 65.8 Å². The van der Waals surface area contributed by atoms with Gasteiger partial charge in [-0.15, -0.1) is 0 Å². The highest BCUT2D eigenvalue weighted by Crippen LogP contribution is 2.18. The summed E-state index contributed by atoms with van der Waals surface area (Å²) in [4.78, 5) is 27.6. The van der Waals surface area contributed by atoms with Gasteiger partial charge in [-0.25, -0.2) is 0 Å². The van der Waals surface area contributed by atoms with Crippen molar-refractivity contribution in [3.8, 4) is 0 Å². The summed E-state index contributed by atoms with van der Waals surface area (Å²) in [5.74, 6) is -0.403. The quantitative estimate of drug-likeness (QED) is 0.762. The molecule has 154 valence electrons. The average Bonchev–Trinajstić information content (AvgIpc) is 2.97. The highest BCUT2D eigenvalue weighted by molar-refractivity contribution is 6.09. The first kappa shape index (κ1) is 21.1. The van der Waals surface area contributed by atoms with Gasteiger partial charge in [0.15, 0.2) is 0 Å². The Morgan fingerprint density at radius 1 is 0.897 bits per heavy atom. The number of benzene rings is 2. The number of nitrogens with zero attached hydrogens (tertiary/aromatic N) is 1. The Morgan fingerprint density at radius 3 is 2.21 bits per heavy atom. The van der Waals surface area contributed by atoms with Crippen molar-refractivity contribution < 1.29 is 9.59 Å². The Morgan fingerprint density at radius 2 is 1.55 bits per heavy atom. The minimum atomic E-state index is -0.212. The van der Waals surface area contributed by atoms with E-state index in [1.807, 2.05) is 44.2 Å². The summed E-state index contributed by atoms with van der Waals surface area (Å²) in [7, 11) is 0. The lowest BCUT2D eigenvalue weighted by Gasteiger charge is -2.19. The zero-order chi connectivity index (χ0) is 20.6.